The highest BCUT2D eigenvalue weighted by atomic mass is 16.1. The average Bonchev–Trinajstić information content (AvgIpc) is 2.60. The third-order valence-corrected chi connectivity index (χ3v) is 3.50. The summed E-state index contributed by atoms with van der Waals surface area (Å²) in [5.41, 5.74) is 3.07. The molecule has 3 heteroatoms. The van der Waals surface area contributed by atoms with Crippen molar-refractivity contribution in [3.63, 3.8) is 0 Å². The summed E-state index contributed by atoms with van der Waals surface area (Å²) >= 11 is 0. The Labute approximate surface area is 133 Å². The summed E-state index contributed by atoms with van der Waals surface area (Å²) in [5, 5.41) is 0. The number of aromatic nitrogens is 1. The Morgan fingerprint density at radius 2 is 1.65 bits per heavy atom. The Bertz CT molecular complexity index is 908. The average molecular weight is 301 g/mol. The number of allylic oxidation sites excluding steroid dienone is 1. The number of carbonyl (C=O) groups excluding carboxylic acids is 1. The molecule has 0 amide bonds. The lowest BCUT2D eigenvalue weighted by Gasteiger charge is -2.05. The first-order valence-corrected chi connectivity index (χ1v) is 7.29. The summed E-state index contributed by atoms with van der Waals surface area (Å²) in [7, 11) is 0. The van der Waals surface area contributed by atoms with Gasteiger partial charge in [0.25, 0.3) is 0 Å². The summed E-state index contributed by atoms with van der Waals surface area (Å²) in [5.74, 6) is -0.0537. The third-order valence-electron chi connectivity index (χ3n) is 3.50. The van der Waals surface area contributed by atoms with E-state index in [1.165, 1.54) is 6.07 Å². The molecule has 112 valence electrons. The van der Waals surface area contributed by atoms with Crippen molar-refractivity contribution < 1.29 is 4.79 Å². The molecule has 1 N–H and O–H groups in total. The standard InChI is InChI=1S/C20H15NO2/c22-17-12-13-21-19(14-17)18-9-5-4-6-15(18)10-11-20(23)16-7-2-1-3-8-16/h1-14H,(H,21,22). The predicted molar refractivity (Wildman–Crippen MR) is 92.3 cm³/mol. The van der Waals surface area contributed by atoms with Crippen LogP contribution in [0.1, 0.15) is 15.9 Å². The van der Waals surface area contributed by atoms with Crippen molar-refractivity contribution in [2.45, 2.75) is 0 Å². The second-order valence-electron chi connectivity index (χ2n) is 5.09. The van der Waals surface area contributed by atoms with Crippen LogP contribution in [0.2, 0.25) is 0 Å². The number of rotatable bonds is 4. The molecule has 0 saturated heterocycles. The van der Waals surface area contributed by atoms with Crippen LogP contribution in [0.3, 0.4) is 0 Å². The number of ketones is 1. The van der Waals surface area contributed by atoms with Gasteiger partial charge in [-0.15, -0.1) is 0 Å². The van der Waals surface area contributed by atoms with Crippen LogP contribution in [-0.2, 0) is 0 Å². The molecule has 1 aromatic heterocycles. The van der Waals surface area contributed by atoms with E-state index in [1.54, 1.807) is 36.5 Å². The van der Waals surface area contributed by atoms with Gasteiger partial charge in [-0.1, -0.05) is 60.7 Å². The zero-order chi connectivity index (χ0) is 16.1. The van der Waals surface area contributed by atoms with Crippen molar-refractivity contribution >= 4 is 11.9 Å². The van der Waals surface area contributed by atoms with Gasteiger partial charge in [0.1, 0.15) is 0 Å². The van der Waals surface area contributed by atoms with Gasteiger partial charge in [0, 0.05) is 35.2 Å². The SMILES string of the molecule is O=C(C=Cc1ccccc1-c1cc(=O)cc[nH]1)c1ccccc1. The smallest absolute Gasteiger partial charge is 0.185 e. The molecule has 0 atom stereocenters. The predicted octanol–water partition coefficient (Wildman–Crippen LogP) is 3.94. The maximum atomic E-state index is 12.2. The molecule has 3 aromatic rings. The molecular formula is C20H15NO2. The third kappa shape index (κ3) is 3.52. The Morgan fingerprint density at radius 1 is 0.913 bits per heavy atom. The highest BCUT2D eigenvalue weighted by Gasteiger charge is 2.04. The van der Waals surface area contributed by atoms with Crippen molar-refractivity contribution in [2.75, 3.05) is 0 Å². The van der Waals surface area contributed by atoms with Gasteiger partial charge in [-0.3, -0.25) is 9.59 Å². The fraction of sp³-hybridized carbons (Fsp3) is 0. The van der Waals surface area contributed by atoms with Gasteiger partial charge in [-0.05, 0) is 11.6 Å². The summed E-state index contributed by atoms with van der Waals surface area (Å²) in [6, 6.07) is 19.8. The first-order valence-electron chi connectivity index (χ1n) is 7.29. The Kier molecular flexibility index (Phi) is 4.29. The zero-order valence-electron chi connectivity index (χ0n) is 12.4. The minimum atomic E-state index is -0.0575. The minimum Gasteiger partial charge on any atom is -0.361 e. The number of hydrogen-bond acceptors (Lipinski definition) is 2. The number of aromatic amines is 1. The van der Waals surface area contributed by atoms with E-state index < -0.39 is 0 Å². The van der Waals surface area contributed by atoms with Gasteiger partial charge in [0.2, 0.25) is 0 Å². The molecule has 0 spiro atoms. The van der Waals surface area contributed by atoms with E-state index in [4.69, 9.17) is 0 Å². The normalized spacial score (nSPS) is 10.8. The fourth-order valence-electron chi connectivity index (χ4n) is 2.35. The zero-order valence-corrected chi connectivity index (χ0v) is 12.4. The summed E-state index contributed by atoms with van der Waals surface area (Å²) < 4.78 is 0. The van der Waals surface area contributed by atoms with E-state index in [-0.39, 0.29) is 11.2 Å². The number of hydrogen-bond donors (Lipinski definition) is 1. The summed E-state index contributed by atoms with van der Waals surface area (Å²) in [6.45, 7) is 0. The maximum absolute atomic E-state index is 12.2. The summed E-state index contributed by atoms with van der Waals surface area (Å²) in [4.78, 5) is 26.8. The van der Waals surface area contributed by atoms with Gasteiger partial charge in [-0.25, -0.2) is 0 Å². The van der Waals surface area contributed by atoms with Crippen LogP contribution >= 0.6 is 0 Å². The second-order valence-corrected chi connectivity index (χ2v) is 5.09. The Balaban J connectivity index is 1.94. The van der Waals surface area contributed by atoms with E-state index in [2.05, 4.69) is 4.98 Å². The van der Waals surface area contributed by atoms with Crippen LogP contribution in [0.4, 0.5) is 0 Å². The Hall–Kier alpha value is -3.20. The van der Waals surface area contributed by atoms with Gasteiger partial charge >= 0.3 is 0 Å². The Morgan fingerprint density at radius 3 is 2.43 bits per heavy atom. The van der Waals surface area contributed by atoms with Crippen LogP contribution in [0.25, 0.3) is 17.3 Å². The van der Waals surface area contributed by atoms with E-state index in [0.717, 1.165) is 16.8 Å². The van der Waals surface area contributed by atoms with Gasteiger partial charge in [0.05, 0.1) is 0 Å². The lowest BCUT2D eigenvalue weighted by molar-refractivity contribution is 0.104. The first kappa shape index (κ1) is 14.7. The molecule has 0 radical (unpaired) electrons. The molecule has 0 saturated carbocycles. The topological polar surface area (TPSA) is 49.9 Å². The molecule has 0 aliphatic carbocycles. The molecule has 0 unspecified atom stereocenters. The highest BCUT2D eigenvalue weighted by molar-refractivity contribution is 6.07. The number of carbonyl (C=O) groups is 1. The maximum Gasteiger partial charge on any atom is 0.185 e. The molecule has 0 fully saturated rings. The molecule has 3 nitrogen and oxygen atoms in total. The van der Waals surface area contributed by atoms with Crippen molar-refractivity contribution in [3.8, 4) is 11.3 Å². The van der Waals surface area contributed by atoms with Crippen LogP contribution < -0.4 is 5.43 Å². The second kappa shape index (κ2) is 6.71. The van der Waals surface area contributed by atoms with E-state index in [9.17, 15) is 9.59 Å². The molecule has 0 aliphatic heterocycles. The monoisotopic (exact) mass is 301 g/mol. The highest BCUT2D eigenvalue weighted by Crippen LogP contribution is 2.21. The fourth-order valence-corrected chi connectivity index (χ4v) is 2.35. The number of nitrogens with one attached hydrogen (secondary N) is 1. The minimum absolute atomic E-state index is 0.0537. The quantitative estimate of drug-likeness (QED) is 0.586. The van der Waals surface area contributed by atoms with Crippen LogP contribution in [0, 0.1) is 0 Å². The number of benzene rings is 2. The first-order chi connectivity index (χ1) is 11.2. The lowest BCUT2D eigenvalue weighted by Crippen LogP contribution is -1.99. The van der Waals surface area contributed by atoms with Gasteiger partial charge < -0.3 is 4.98 Å². The molecule has 2 aromatic carbocycles. The van der Waals surface area contributed by atoms with Gasteiger partial charge in [0.15, 0.2) is 11.2 Å². The van der Waals surface area contributed by atoms with E-state index >= 15 is 0 Å². The molecule has 0 bridgehead atoms. The van der Waals surface area contributed by atoms with Crippen molar-refractivity contribution in [1.29, 1.82) is 0 Å². The van der Waals surface area contributed by atoms with Crippen LogP contribution in [-0.4, -0.2) is 10.8 Å². The van der Waals surface area contributed by atoms with Crippen LogP contribution in [0.15, 0.2) is 83.8 Å². The summed E-state index contributed by atoms with van der Waals surface area (Å²) in [6.07, 6.45) is 4.94. The van der Waals surface area contributed by atoms with Crippen molar-refractivity contribution in [2.24, 2.45) is 0 Å². The molecule has 23 heavy (non-hydrogen) atoms. The largest absolute Gasteiger partial charge is 0.361 e. The number of pyridine rings is 1. The van der Waals surface area contributed by atoms with E-state index in [0.29, 0.717) is 5.56 Å². The molecule has 1 heterocycles. The number of H-pyrrole nitrogens is 1. The van der Waals surface area contributed by atoms with E-state index in [1.807, 2.05) is 42.5 Å². The lowest BCUT2D eigenvalue weighted by atomic mass is 10.0. The molecule has 0 aliphatic rings. The van der Waals surface area contributed by atoms with Crippen LogP contribution in [0.5, 0.6) is 0 Å². The molecular weight excluding hydrogens is 286 g/mol. The molecule has 3 rings (SSSR count). The van der Waals surface area contributed by atoms with Crippen molar-refractivity contribution in [1.82, 2.24) is 4.98 Å². The van der Waals surface area contributed by atoms with Gasteiger partial charge in [-0.2, -0.15) is 0 Å². The van der Waals surface area contributed by atoms with Crippen molar-refractivity contribution in [3.05, 3.63) is 100 Å².